The number of carbonyl (C=O) groups is 1. The molecule has 28 heavy (non-hydrogen) atoms. The van der Waals surface area contributed by atoms with E-state index in [1.165, 1.54) is 0 Å². The van der Waals surface area contributed by atoms with Gasteiger partial charge in [0.2, 0.25) is 0 Å². The number of ether oxygens (including phenoxy) is 2. The van der Waals surface area contributed by atoms with Gasteiger partial charge in [-0.3, -0.25) is 4.79 Å². The summed E-state index contributed by atoms with van der Waals surface area (Å²) in [7, 11) is 0. The summed E-state index contributed by atoms with van der Waals surface area (Å²) in [6, 6.07) is 11.8. The summed E-state index contributed by atoms with van der Waals surface area (Å²) in [6.07, 6.45) is 1.31. The Morgan fingerprint density at radius 2 is 2.00 bits per heavy atom. The van der Waals surface area contributed by atoms with Crippen LogP contribution in [0.2, 0.25) is 0 Å². The van der Waals surface area contributed by atoms with Gasteiger partial charge in [-0.1, -0.05) is 18.2 Å². The highest BCUT2D eigenvalue weighted by atomic mass is 32.1. The first kappa shape index (κ1) is 20.1. The Kier molecular flexibility index (Phi) is 6.87. The second kappa shape index (κ2) is 9.55. The molecular formula is C22H25NO4S. The monoisotopic (exact) mass is 399 g/mol. The van der Waals surface area contributed by atoms with Gasteiger partial charge >= 0.3 is 5.97 Å². The molecule has 0 saturated carbocycles. The third-order valence-corrected chi connectivity index (χ3v) is 5.41. The second-order valence-corrected chi connectivity index (χ2v) is 7.48. The van der Waals surface area contributed by atoms with E-state index in [-0.39, 0.29) is 11.9 Å². The average molecular weight is 400 g/mol. The van der Waals surface area contributed by atoms with Gasteiger partial charge in [-0.2, -0.15) is 0 Å². The molecule has 0 fully saturated rings. The third-order valence-electron chi connectivity index (χ3n) is 4.43. The van der Waals surface area contributed by atoms with E-state index in [1.54, 1.807) is 11.3 Å². The number of hydrogen-bond acceptors (Lipinski definition) is 6. The number of benzene rings is 1. The van der Waals surface area contributed by atoms with Crippen molar-refractivity contribution in [3.63, 3.8) is 0 Å². The van der Waals surface area contributed by atoms with Crippen molar-refractivity contribution in [1.82, 2.24) is 4.98 Å². The summed E-state index contributed by atoms with van der Waals surface area (Å²) < 4.78 is 16.5. The number of nitrogens with zero attached hydrogens (tertiary/aromatic N) is 1. The van der Waals surface area contributed by atoms with Gasteiger partial charge in [-0.05, 0) is 49.4 Å². The standard InChI is InChI=1S/C22H25NO4S/c1-4-25-22(24)19(21-6-5-13-28-21)14-17-7-9-18(10-8-17)26-12-11-20-15(2)27-16(3)23-20/h5-10,13,19H,4,11-12,14H2,1-3H3. The molecule has 0 N–H and O–H groups in total. The number of thiophene rings is 1. The third kappa shape index (κ3) is 5.23. The van der Waals surface area contributed by atoms with E-state index in [0.29, 0.717) is 31.9 Å². The number of aromatic nitrogens is 1. The molecule has 2 heterocycles. The highest BCUT2D eigenvalue weighted by Gasteiger charge is 2.23. The van der Waals surface area contributed by atoms with Crippen LogP contribution in [0.25, 0.3) is 0 Å². The van der Waals surface area contributed by atoms with E-state index in [0.717, 1.165) is 27.6 Å². The van der Waals surface area contributed by atoms with E-state index in [2.05, 4.69) is 4.98 Å². The molecule has 5 nitrogen and oxygen atoms in total. The zero-order valence-electron chi connectivity index (χ0n) is 16.4. The van der Waals surface area contributed by atoms with E-state index in [4.69, 9.17) is 13.9 Å². The minimum atomic E-state index is -0.273. The van der Waals surface area contributed by atoms with Gasteiger partial charge in [0.05, 0.1) is 24.8 Å². The maximum absolute atomic E-state index is 12.4. The van der Waals surface area contributed by atoms with E-state index in [9.17, 15) is 4.79 Å². The second-order valence-electron chi connectivity index (χ2n) is 6.50. The van der Waals surface area contributed by atoms with Gasteiger partial charge in [0.1, 0.15) is 11.5 Å². The predicted octanol–water partition coefficient (Wildman–Crippen LogP) is 4.86. The first-order valence-electron chi connectivity index (χ1n) is 9.41. The zero-order chi connectivity index (χ0) is 19.9. The molecule has 0 aliphatic rings. The molecule has 1 aromatic carbocycles. The summed E-state index contributed by atoms with van der Waals surface area (Å²) in [4.78, 5) is 17.7. The van der Waals surface area contributed by atoms with Crippen molar-refractivity contribution in [3.8, 4) is 5.75 Å². The van der Waals surface area contributed by atoms with Crippen molar-refractivity contribution in [2.45, 2.75) is 39.5 Å². The largest absolute Gasteiger partial charge is 0.493 e. The lowest BCUT2D eigenvalue weighted by atomic mass is 9.98. The fraction of sp³-hybridized carbons (Fsp3) is 0.364. The molecule has 0 spiro atoms. The molecule has 1 unspecified atom stereocenters. The van der Waals surface area contributed by atoms with Gasteiger partial charge in [0.15, 0.2) is 5.89 Å². The molecule has 0 aliphatic heterocycles. The minimum Gasteiger partial charge on any atom is -0.493 e. The Hall–Kier alpha value is -2.60. The van der Waals surface area contributed by atoms with Gasteiger partial charge in [0, 0.05) is 18.2 Å². The average Bonchev–Trinajstić information content (AvgIpc) is 3.31. The Morgan fingerprint density at radius 1 is 1.21 bits per heavy atom. The molecule has 0 bridgehead atoms. The smallest absolute Gasteiger partial charge is 0.314 e. The van der Waals surface area contributed by atoms with Gasteiger partial charge in [-0.25, -0.2) is 4.98 Å². The molecular weight excluding hydrogens is 374 g/mol. The number of hydrogen-bond donors (Lipinski definition) is 0. The summed E-state index contributed by atoms with van der Waals surface area (Å²) in [5, 5.41) is 1.98. The topological polar surface area (TPSA) is 61.6 Å². The Labute approximate surface area is 169 Å². The van der Waals surface area contributed by atoms with Crippen LogP contribution in [-0.2, 0) is 22.4 Å². The zero-order valence-corrected chi connectivity index (χ0v) is 17.3. The molecule has 0 radical (unpaired) electrons. The van der Waals surface area contributed by atoms with Crippen LogP contribution in [0.4, 0.5) is 0 Å². The quantitative estimate of drug-likeness (QED) is 0.481. The van der Waals surface area contributed by atoms with Crippen molar-refractivity contribution < 1.29 is 18.7 Å². The Bertz CT molecular complexity index is 884. The molecule has 3 aromatic rings. The number of aryl methyl sites for hydroxylation is 2. The van der Waals surface area contributed by atoms with E-state index < -0.39 is 0 Å². The van der Waals surface area contributed by atoms with Crippen LogP contribution < -0.4 is 4.74 Å². The van der Waals surface area contributed by atoms with Crippen LogP contribution in [0, 0.1) is 13.8 Å². The first-order valence-corrected chi connectivity index (χ1v) is 10.3. The number of carbonyl (C=O) groups excluding carboxylic acids is 1. The van der Waals surface area contributed by atoms with Crippen LogP contribution in [0.3, 0.4) is 0 Å². The molecule has 0 aliphatic carbocycles. The molecule has 2 aromatic heterocycles. The van der Waals surface area contributed by atoms with Crippen LogP contribution >= 0.6 is 11.3 Å². The molecule has 0 saturated heterocycles. The lowest BCUT2D eigenvalue weighted by Gasteiger charge is -2.14. The summed E-state index contributed by atoms with van der Waals surface area (Å²) >= 11 is 1.58. The van der Waals surface area contributed by atoms with E-state index in [1.807, 2.05) is 62.5 Å². The fourth-order valence-electron chi connectivity index (χ4n) is 3.06. The maximum atomic E-state index is 12.4. The summed E-state index contributed by atoms with van der Waals surface area (Å²) in [5.74, 6) is 1.87. The predicted molar refractivity (Wildman–Crippen MR) is 109 cm³/mol. The highest BCUT2D eigenvalue weighted by Crippen LogP contribution is 2.27. The summed E-state index contributed by atoms with van der Waals surface area (Å²) in [6.45, 7) is 6.51. The molecule has 3 rings (SSSR count). The van der Waals surface area contributed by atoms with Gasteiger partial charge in [0.25, 0.3) is 0 Å². The first-order chi connectivity index (χ1) is 13.6. The van der Waals surface area contributed by atoms with Crippen molar-refractivity contribution >= 4 is 17.3 Å². The van der Waals surface area contributed by atoms with Crippen LogP contribution in [0.5, 0.6) is 5.75 Å². The lowest BCUT2D eigenvalue weighted by Crippen LogP contribution is -2.17. The van der Waals surface area contributed by atoms with Crippen LogP contribution in [0.15, 0.2) is 46.2 Å². The van der Waals surface area contributed by atoms with Crippen LogP contribution in [0.1, 0.15) is 40.6 Å². The normalized spacial score (nSPS) is 12.0. The number of esters is 1. The lowest BCUT2D eigenvalue weighted by molar-refractivity contribution is -0.144. The summed E-state index contributed by atoms with van der Waals surface area (Å²) in [5.41, 5.74) is 2.00. The molecule has 148 valence electrons. The fourth-order valence-corrected chi connectivity index (χ4v) is 3.87. The highest BCUT2D eigenvalue weighted by molar-refractivity contribution is 7.10. The maximum Gasteiger partial charge on any atom is 0.314 e. The van der Waals surface area contributed by atoms with Crippen LogP contribution in [-0.4, -0.2) is 24.2 Å². The Morgan fingerprint density at radius 3 is 2.61 bits per heavy atom. The number of oxazole rings is 1. The van der Waals surface area contributed by atoms with Crippen molar-refractivity contribution in [2.75, 3.05) is 13.2 Å². The number of rotatable bonds is 9. The van der Waals surface area contributed by atoms with Gasteiger partial charge < -0.3 is 13.9 Å². The minimum absolute atomic E-state index is 0.177. The van der Waals surface area contributed by atoms with Crippen molar-refractivity contribution in [2.24, 2.45) is 0 Å². The van der Waals surface area contributed by atoms with Crippen molar-refractivity contribution in [1.29, 1.82) is 0 Å². The van der Waals surface area contributed by atoms with Gasteiger partial charge in [-0.15, -0.1) is 11.3 Å². The molecule has 6 heteroatoms. The van der Waals surface area contributed by atoms with E-state index >= 15 is 0 Å². The SMILES string of the molecule is CCOC(=O)C(Cc1ccc(OCCc2nc(C)oc2C)cc1)c1cccs1. The molecule has 1 atom stereocenters. The molecule has 0 amide bonds. The Balaban J connectivity index is 1.58. The van der Waals surface area contributed by atoms with Crippen molar-refractivity contribution in [3.05, 3.63) is 69.6 Å².